The summed E-state index contributed by atoms with van der Waals surface area (Å²) in [5, 5.41) is 0. The van der Waals surface area contributed by atoms with Crippen LogP contribution in [0.25, 0.3) is 0 Å². The van der Waals surface area contributed by atoms with E-state index in [4.69, 9.17) is 18.9 Å². The van der Waals surface area contributed by atoms with Crippen molar-refractivity contribution in [3.05, 3.63) is 59.7 Å². The maximum atomic E-state index is 13.3. The minimum Gasteiger partial charge on any atom is -0.494 e. The molecule has 1 saturated carbocycles. The summed E-state index contributed by atoms with van der Waals surface area (Å²) in [4.78, 5) is 26.5. The molecule has 0 radical (unpaired) electrons. The zero-order valence-electron chi connectivity index (χ0n) is 26.2. The van der Waals surface area contributed by atoms with Crippen molar-refractivity contribution >= 4 is 11.9 Å². The Kier molecular flexibility index (Phi) is 14.8. The predicted octanol–water partition coefficient (Wildman–Crippen LogP) is 9.70. The Hall–Kier alpha value is -3.02. The van der Waals surface area contributed by atoms with E-state index in [2.05, 4.69) is 13.8 Å². The van der Waals surface area contributed by atoms with E-state index in [-0.39, 0.29) is 5.92 Å². The molecule has 0 N–H and O–H groups in total. The Bertz CT molecular complexity index is 966. The molecule has 1 aliphatic carbocycles. The third-order valence-electron chi connectivity index (χ3n) is 8.15. The number of esters is 2. The van der Waals surface area contributed by atoms with Crippen molar-refractivity contribution in [3.8, 4) is 11.5 Å². The molecular formula is C36H52O6. The van der Waals surface area contributed by atoms with E-state index in [0.29, 0.717) is 24.3 Å². The van der Waals surface area contributed by atoms with Crippen molar-refractivity contribution < 1.29 is 28.5 Å². The number of carbonyl (C=O) groups is 2. The van der Waals surface area contributed by atoms with Gasteiger partial charge in [-0.15, -0.1) is 0 Å². The molecule has 0 spiro atoms. The van der Waals surface area contributed by atoms with Crippen LogP contribution in [-0.2, 0) is 9.47 Å². The number of ether oxygens (including phenoxy) is 4. The van der Waals surface area contributed by atoms with Crippen LogP contribution in [0, 0.1) is 5.92 Å². The van der Waals surface area contributed by atoms with Gasteiger partial charge >= 0.3 is 11.9 Å². The molecule has 0 aromatic heterocycles. The molecule has 42 heavy (non-hydrogen) atoms. The molecule has 2 aromatic carbocycles. The molecule has 0 unspecified atom stereocenters. The van der Waals surface area contributed by atoms with Gasteiger partial charge in [0, 0.05) is 12.8 Å². The first-order valence-electron chi connectivity index (χ1n) is 16.4. The van der Waals surface area contributed by atoms with Crippen LogP contribution in [0.5, 0.6) is 11.5 Å². The highest BCUT2D eigenvalue weighted by Gasteiger charge is 2.43. The molecular weight excluding hydrogens is 528 g/mol. The van der Waals surface area contributed by atoms with Crippen molar-refractivity contribution in [1.82, 2.24) is 0 Å². The van der Waals surface area contributed by atoms with Gasteiger partial charge in [-0.2, -0.15) is 0 Å². The number of unbranched alkanes of at least 4 members (excludes halogenated alkanes) is 8. The van der Waals surface area contributed by atoms with Crippen LogP contribution in [0.3, 0.4) is 0 Å². The van der Waals surface area contributed by atoms with Gasteiger partial charge in [0.2, 0.25) is 0 Å². The van der Waals surface area contributed by atoms with Gasteiger partial charge in [0.1, 0.15) is 11.5 Å². The summed E-state index contributed by atoms with van der Waals surface area (Å²) in [5.74, 6) is -0.991. The van der Waals surface area contributed by atoms with E-state index >= 15 is 0 Å². The molecule has 0 atom stereocenters. The second-order valence-electron chi connectivity index (χ2n) is 11.7. The standard InChI is InChI=1S/C36H52O6/c1-4-6-8-10-15-27-39-32-23-19-29(20-24-32)34(37)41-36(3,31-17-13-12-14-18-31)42-35(38)30-21-25-33(26-22-30)40-28-16-11-9-7-5-2/h19-26,31H,4-18,27-28H2,1-3H3. The Morgan fingerprint density at radius 2 is 1.02 bits per heavy atom. The summed E-state index contributed by atoms with van der Waals surface area (Å²) < 4.78 is 23.7. The van der Waals surface area contributed by atoms with Crippen molar-refractivity contribution in [3.63, 3.8) is 0 Å². The van der Waals surface area contributed by atoms with Crippen molar-refractivity contribution in [1.29, 1.82) is 0 Å². The molecule has 0 bridgehead atoms. The smallest absolute Gasteiger partial charge is 0.341 e. The van der Waals surface area contributed by atoms with Crippen LogP contribution >= 0.6 is 0 Å². The average molecular weight is 581 g/mol. The highest BCUT2D eigenvalue weighted by Crippen LogP contribution is 2.37. The Morgan fingerprint density at radius 3 is 1.43 bits per heavy atom. The monoisotopic (exact) mass is 580 g/mol. The lowest BCUT2D eigenvalue weighted by molar-refractivity contribution is -0.195. The van der Waals surface area contributed by atoms with Crippen molar-refractivity contribution in [2.45, 2.75) is 123 Å². The molecule has 6 heteroatoms. The third kappa shape index (κ3) is 11.3. The Morgan fingerprint density at radius 1 is 0.619 bits per heavy atom. The van der Waals surface area contributed by atoms with Gasteiger partial charge in [0.05, 0.1) is 24.3 Å². The molecule has 232 valence electrons. The lowest BCUT2D eigenvalue weighted by Gasteiger charge is -2.38. The van der Waals surface area contributed by atoms with E-state index in [9.17, 15) is 9.59 Å². The second-order valence-corrected chi connectivity index (χ2v) is 11.7. The first kappa shape index (κ1) is 33.5. The molecule has 1 fully saturated rings. The minimum atomic E-state index is -1.37. The van der Waals surface area contributed by atoms with Gasteiger partial charge in [0.15, 0.2) is 0 Å². The lowest BCUT2D eigenvalue weighted by atomic mass is 9.83. The quantitative estimate of drug-likeness (QED) is 0.0936. The van der Waals surface area contributed by atoms with Gasteiger partial charge in [-0.05, 0) is 74.2 Å². The first-order valence-corrected chi connectivity index (χ1v) is 16.4. The van der Waals surface area contributed by atoms with E-state index in [1.807, 2.05) is 0 Å². The molecule has 3 rings (SSSR count). The van der Waals surface area contributed by atoms with Crippen LogP contribution in [-0.4, -0.2) is 30.9 Å². The highest BCUT2D eigenvalue weighted by molar-refractivity contribution is 5.91. The van der Waals surface area contributed by atoms with E-state index in [0.717, 1.165) is 69.3 Å². The number of benzene rings is 2. The summed E-state index contributed by atoms with van der Waals surface area (Å²) in [7, 11) is 0. The average Bonchev–Trinajstić information content (AvgIpc) is 3.01. The van der Waals surface area contributed by atoms with Crippen LogP contribution in [0.2, 0.25) is 0 Å². The van der Waals surface area contributed by atoms with Gasteiger partial charge in [-0.3, -0.25) is 0 Å². The molecule has 6 nitrogen and oxygen atoms in total. The molecule has 0 amide bonds. The normalized spacial score (nSPS) is 13.9. The SMILES string of the molecule is CCCCCCCOc1ccc(C(=O)OC(C)(OC(=O)c2ccc(OCCCCCCC)cc2)C2CCCCC2)cc1. The van der Waals surface area contributed by atoms with Gasteiger partial charge < -0.3 is 18.9 Å². The van der Waals surface area contributed by atoms with Gasteiger partial charge in [-0.1, -0.05) is 84.5 Å². The van der Waals surface area contributed by atoms with Crippen molar-refractivity contribution in [2.24, 2.45) is 5.92 Å². The molecule has 0 aliphatic heterocycles. The Balaban J connectivity index is 1.57. The number of rotatable bonds is 19. The highest BCUT2D eigenvalue weighted by atomic mass is 16.7. The molecule has 0 heterocycles. The fourth-order valence-corrected chi connectivity index (χ4v) is 5.47. The zero-order chi connectivity index (χ0) is 30.0. The third-order valence-corrected chi connectivity index (χ3v) is 8.15. The second kappa shape index (κ2) is 18.5. The van der Waals surface area contributed by atoms with Crippen molar-refractivity contribution in [2.75, 3.05) is 13.2 Å². The first-order chi connectivity index (χ1) is 20.4. The zero-order valence-corrected chi connectivity index (χ0v) is 26.2. The fourth-order valence-electron chi connectivity index (χ4n) is 5.47. The number of hydrogen-bond donors (Lipinski definition) is 0. The van der Waals surface area contributed by atoms with E-state index in [1.54, 1.807) is 55.5 Å². The van der Waals surface area contributed by atoms with Crippen LogP contribution < -0.4 is 9.47 Å². The fraction of sp³-hybridized carbons (Fsp3) is 0.611. The summed E-state index contributed by atoms with van der Waals surface area (Å²) in [6.45, 7) is 7.46. The van der Waals surface area contributed by atoms with E-state index < -0.39 is 17.7 Å². The maximum absolute atomic E-state index is 13.3. The Labute approximate surface area is 253 Å². The predicted molar refractivity (Wildman–Crippen MR) is 167 cm³/mol. The molecule has 2 aromatic rings. The van der Waals surface area contributed by atoms with Crippen LogP contribution in [0.4, 0.5) is 0 Å². The van der Waals surface area contributed by atoms with Gasteiger partial charge in [0.25, 0.3) is 5.79 Å². The van der Waals surface area contributed by atoms with E-state index in [1.165, 1.54) is 38.5 Å². The molecule has 1 aliphatic rings. The van der Waals surface area contributed by atoms with Gasteiger partial charge in [-0.25, -0.2) is 9.59 Å². The summed E-state index contributed by atoms with van der Waals surface area (Å²) in [6, 6.07) is 14.0. The van der Waals surface area contributed by atoms with Crippen LogP contribution in [0.15, 0.2) is 48.5 Å². The topological polar surface area (TPSA) is 71.1 Å². The lowest BCUT2D eigenvalue weighted by Crippen LogP contribution is -2.45. The number of hydrogen-bond acceptors (Lipinski definition) is 6. The van der Waals surface area contributed by atoms with Crippen LogP contribution in [0.1, 0.15) is 138 Å². The number of carbonyl (C=O) groups excluding carboxylic acids is 2. The summed E-state index contributed by atoms with van der Waals surface area (Å²) in [6.07, 6.45) is 16.6. The summed E-state index contributed by atoms with van der Waals surface area (Å²) in [5.41, 5.74) is 0.805. The maximum Gasteiger partial charge on any atom is 0.341 e. The molecule has 0 saturated heterocycles. The minimum absolute atomic E-state index is 0.0650. The summed E-state index contributed by atoms with van der Waals surface area (Å²) >= 11 is 0. The largest absolute Gasteiger partial charge is 0.494 e.